The van der Waals surface area contributed by atoms with E-state index in [1.165, 1.54) is 0 Å². The van der Waals surface area contributed by atoms with Crippen LogP contribution in [-0.2, 0) is 9.53 Å². The van der Waals surface area contributed by atoms with Crippen LogP contribution < -0.4 is 5.32 Å². The molecule has 0 spiro atoms. The fraction of sp³-hybridized carbons (Fsp3) is 0.875. The average molecular weight is 269 g/mol. The molecule has 1 heterocycles. The molecule has 0 aromatic carbocycles. The summed E-state index contributed by atoms with van der Waals surface area (Å²) in [4.78, 5) is 11.1. The van der Waals surface area contributed by atoms with Crippen LogP contribution in [0, 0.1) is 0 Å². The third-order valence-corrected chi connectivity index (χ3v) is 2.72. The third-order valence-electron chi connectivity index (χ3n) is 2.43. The maximum absolute atomic E-state index is 11.1. The van der Waals surface area contributed by atoms with Crippen molar-refractivity contribution in [3.63, 3.8) is 0 Å². The van der Waals surface area contributed by atoms with Gasteiger partial charge in [0.25, 0.3) is 5.91 Å². The molecule has 1 saturated heterocycles. The van der Waals surface area contributed by atoms with E-state index >= 15 is 0 Å². The zero-order valence-corrected chi connectivity index (χ0v) is 9.62. The van der Waals surface area contributed by atoms with Crippen LogP contribution in [0.15, 0.2) is 0 Å². The van der Waals surface area contributed by atoms with Gasteiger partial charge in [-0.2, -0.15) is 12.6 Å². The molecular formula is C8H15NO7S. The summed E-state index contributed by atoms with van der Waals surface area (Å²) >= 11 is 3.65. The number of nitrogens with one attached hydrogen (secondary N) is 1. The Morgan fingerprint density at radius 2 is 1.94 bits per heavy atom. The zero-order valence-electron chi connectivity index (χ0n) is 8.72. The van der Waals surface area contributed by atoms with Gasteiger partial charge in [-0.25, -0.2) is 0 Å². The van der Waals surface area contributed by atoms with E-state index in [0.29, 0.717) is 0 Å². The first-order valence-electron chi connectivity index (χ1n) is 4.83. The molecule has 1 rings (SSSR count). The van der Waals surface area contributed by atoms with Crippen LogP contribution >= 0.6 is 12.6 Å². The summed E-state index contributed by atoms with van der Waals surface area (Å²) in [5.74, 6) is -3.61. The highest BCUT2D eigenvalue weighted by Gasteiger charge is 2.53. The van der Waals surface area contributed by atoms with Gasteiger partial charge in [0.1, 0.15) is 18.3 Å². The molecule has 0 saturated carbocycles. The van der Waals surface area contributed by atoms with Crippen LogP contribution in [0.1, 0.15) is 0 Å². The van der Waals surface area contributed by atoms with Crippen molar-refractivity contribution in [2.24, 2.45) is 0 Å². The van der Waals surface area contributed by atoms with Gasteiger partial charge in [0.05, 0.1) is 12.4 Å². The van der Waals surface area contributed by atoms with Gasteiger partial charge in [0.15, 0.2) is 6.10 Å². The van der Waals surface area contributed by atoms with E-state index in [1.807, 2.05) is 5.32 Å². The van der Waals surface area contributed by atoms with E-state index in [-0.39, 0.29) is 5.75 Å². The summed E-state index contributed by atoms with van der Waals surface area (Å²) in [5.41, 5.74) is 0. The van der Waals surface area contributed by atoms with Gasteiger partial charge in [-0.3, -0.25) is 4.79 Å². The van der Waals surface area contributed by atoms with Crippen molar-refractivity contribution in [2.75, 3.05) is 12.4 Å². The lowest BCUT2D eigenvalue weighted by molar-refractivity contribution is -0.358. The monoisotopic (exact) mass is 269 g/mol. The van der Waals surface area contributed by atoms with Crippen molar-refractivity contribution in [2.45, 2.75) is 30.3 Å². The fourth-order valence-corrected chi connectivity index (χ4v) is 1.58. The molecule has 0 bridgehead atoms. The lowest BCUT2D eigenvalue weighted by atomic mass is 9.96. The van der Waals surface area contributed by atoms with Gasteiger partial charge < -0.3 is 35.6 Å². The highest BCUT2D eigenvalue weighted by atomic mass is 32.1. The number of rotatable bonds is 3. The predicted molar refractivity (Wildman–Crippen MR) is 56.9 cm³/mol. The maximum atomic E-state index is 11.1. The Kier molecular flexibility index (Phi) is 4.72. The van der Waals surface area contributed by atoms with Crippen LogP contribution in [0.25, 0.3) is 0 Å². The van der Waals surface area contributed by atoms with E-state index in [0.717, 1.165) is 0 Å². The van der Waals surface area contributed by atoms with E-state index in [1.54, 1.807) is 0 Å². The van der Waals surface area contributed by atoms with Crippen LogP contribution in [-0.4, -0.2) is 74.1 Å². The molecule has 1 fully saturated rings. The van der Waals surface area contributed by atoms with E-state index in [4.69, 9.17) is 9.84 Å². The van der Waals surface area contributed by atoms with Crippen molar-refractivity contribution in [1.82, 2.24) is 5.32 Å². The molecular weight excluding hydrogens is 254 g/mol. The number of aliphatic hydroxyl groups excluding tert-OH is 4. The van der Waals surface area contributed by atoms with Crippen molar-refractivity contribution in [3.05, 3.63) is 0 Å². The van der Waals surface area contributed by atoms with Crippen LogP contribution in [0.3, 0.4) is 0 Å². The molecule has 17 heavy (non-hydrogen) atoms. The first kappa shape index (κ1) is 14.6. The number of carbonyl (C=O) groups excluding carboxylic acids is 1. The van der Waals surface area contributed by atoms with E-state index < -0.39 is 42.8 Å². The standard InChI is InChI=1S/C8H15NO7S/c10-1-3-5(12)6(13)7(14)8(15,16-3)9-4(11)2-17/h3,5-7,10,12-15,17H,1-2H2,(H,9,11)/t3-,5-,6+,7+,8+/m1/s1. The molecule has 0 aromatic rings. The normalized spacial score (nSPS) is 42.2. The zero-order chi connectivity index (χ0) is 13.2. The number of hydrogen-bond acceptors (Lipinski definition) is 8. The molecule has 0 radical (unpaired) electrons. The van der Waals surface area contributed by atoms with Crippen LogP contribution in [0.2, 0.25) is 0 Å². The SMILES string of the molecule is O=C(CS)N[C@@]1(O)O[C@H](CO)[C@@H](O)[C@H](O)[C@@H]1O. The number of amides is 1. The lowest BCUT2D eigenvalue weighted by Gasteiger charge is -2.45. The Hall–Kier alpha value is -0.420. The Morgan fingerprint density at radius 3 is 2.41 bits per heavy atom. The van der Waals surface area contributed by atoms with Gasteiger partial charge in [0, 0.05) is 0 Å². The Labute approximate surface area is 102 Å². The molecule has 0 aromatic heterocycles. The minimum absolute atomic E-state index is 0.277. The predicted octanol–water partition coefficient (Wildman–Crippen LogP) is -3.85. The summed E-state index contributed by atoms with van der Waals surface area (Å²) in [6.45, 7) is -0.704. The number of carbonyl (C=O) groups is 1. The third kappa shape index (κ3) is 2.88. The molecule has 5 atom stereocenters. The van der Waals surface area contributed by atoms with Gasteiger partial charge in [0.2, 0.25) is 5.91 Å². The van der Waals surface area contributed by atoms with E-state index in [2.05, 4.69) is 12.6 Å². The number of aliphatic hydroxyl groups is 5. The molecule has 0 aliphatic carbocycles. The Balaban J connectivity index is 2.86. The minimum atomic E-state index is -2.58. The van der Waals surface area contributed by atoms with Gasteiger partial charge in [-0.15, -0.1) is 0 Å². The highest BCUT2D eigenvalue weighted by molar-refractivity contribution is 7.81. The van der Waals surface area contributed by atoms with E-state index in [9.17, 15) is 25.2 Å². The molecule has 9 heteroatoms. The molecule has 100 valence electrons. The van der Waals surface area contributed by atoms with Gasteiger partial charge >= 0.3 is 0 Å². The quantitative estimate of drug-likeness (QED) is 0.205. The molecule has 1 aliphatic heterocycles. The Morgan fingerprint density at radius 1 is 1.35 bits per heavy atom. The molecule has 8 nitrogen and oxygen atoms in total. The molecule has 6 N–H and O–H groups in total. The highest BCUT2D eigenvalue weighted by Crippen LogP contribution is 2.26. The van der Waals surface area contributed by atoms with Crippen molar-refractivity contribution < 1.29 is 35.1 Å². The van der Waals surface area contributed by atoms with Crippen molar-refractivity contribution in [3.8, 4) is 0 Å². The minimum Gasteiger partial charge on any atom is -0.394 e. The number of hydrogen-bond donors (Lipinski definition) is 7. The molecule has 1 aliphatic rings. The Bertz CT molecular complexity index is 289. The lowest BCUT2D eigenvalue weighted by Crippen LogP contribution is -2.71. The summed E-state index contributed by atoms with van der Waals surface area (Å²) in [7, 11) is 0. The molecule has 0 unspecified atom stereocenters. The second-order valence-corrected chi connectivity index (χ2v) is 3.98. The second kappa shape index (κ2) is 5.48. The number of ether oxygens (including phenoxy) is 1. The largest absolute Gasteiger partial charge is 0.394 e. The summed E-state index contributed by atoms with van der Waals surface area (Å²) in [5, 5.41) is 48.9. The number of thiol groups is 1. The van der Waals surface area contributed by atoms with Gasteiger partial charge in [-0.1, -0.05) is 0 Å². The second-order valence-electron chi connectivity index (χ2n) is 3.67. The van der Waals surface area contributed by atoms with Crippen LogP contribution in [0.4, 0.5) is 0 Å². The average Bonchev–Trinajstić information content (AvgIpc) is 2.31. The van der Waals surface area contributed by atoms with Crippen LogP contribution in [0.5, 0.6) is 0 Å². The smallest absolute Gasteiger partial charge is 0.279 e. The first-order valence-corrected chi connectivity index (χ1v) is 5.46. The maximum Gasteiger partial charge on any atom is 0.279 e. The summed E-state index contributed by atoms with van der Waals surface area (Å²) in [6, 6.07) is 0. The topological polar surface area (TPSA) is 139 Å². The summed E-state index contributed by atoms with van der Waals surface area (Å²) in [6.07, 6.45) is -6.64. The first-order chi connectivity index (χ1) is 7.85. The van der Waals surface area contributed by atoms with Crippen molar-refractivity contribution in [1.29, 1.82) is 0 Å². The van der Waals surface area contributed by atoms with Crippen molar-refractivity contribution >= 4 is 18.5 Å². The van der Waals surface area contributed by atoms with Gasteiger partial charge in [-0.05, 0) is 0 Å². The fourth-order valence-electron chi connectivity index (χ4n) is 1.50. The summed E-state index contributed by atoms with van der Waals surface area (Å²) < 4.78 is 4.77. The molecule has 1 amide bonds.